The van der Waals surface area contributed by atoms with E-state index in [-0.39, 0.29) is 38.0 Å². The monoisotopic (exact) mass is 721 g/mol. The largest absolute Gasteiger partial charge is 0.443 e. The van der Waals surface area contributed by atoms with E-state index in [1.54, 1.807) is 30.6 Å². The van der Waals surface area contributed by atoms with E-state index < -0.39 is 36.2 Å². The van der Waals surface area contributed by atoms with Crippen molar-refractivity contribution in [2.24, 2.45) is 5.92 Å². The zero-order valence-corrected chi connectivity index (χ0v) is 30.7. The second kappa shape index (κ2) is 19.1. The molecule has 14 heteroatoms. The van der Waals surface area contributed by atoms with Crippen molar-refractivity contribution in [2.45, 2.75) is 77.9 Å². The zero-order chi connectivity index (χ0) is 36.0. The Kier molecular flexibility index (Phi) is 14.7. The zero-order valence-electron chi connectivity index (χ0n) is 29.1. The van der Waals surface area contributed by atoms with Crippen LogP contribution in [0.3, 0.4) is 0 Å². The van der Waals surface area contributed by atoms with Crippen LogP contribution in [0.15, 0.2) is 78.3 Å². The summed E-state index contributed by atoms with van der Waals surface area (Å²) < 4.78 is 9.49. The van der Waals surface area contributed by atoms with Gasteiger partial charge in [-0.15, -0.1) is 11.3 Å². The number of aliphatic hydroxyl groups excluding tert-OH is 1. The van der Waals surface area contributed by atoms with Crippen molar-refractivity contribution in [1.29, 1.82) is 0 Å². The Morgan fingerprint density at radius 2 is 1.64 bits per heavy atom. The predicted molar refractivity (Wildman–Crippen MR) is 195 cm³/mol. The molecule has 0 saturated heterocycles. The molecule has 4 rings (SSSR count). The van der Waals surface area contributed by atoms with Gasteiger partial charge in [-0.2, -0.15) is 0 Å². The highest BCUT2D eigenvalue weighted by Gasteiger charge is 2.38. The Balaban J connectivity index is 1.58. The number of thiazole rings is 1. The van der Waals surface area contributed by atoms with Crippen LogP contribution in [0.4, 0.5) is 9.59 Å². The summed E-state index contributed by atoms with van der Waals surface area (Å²) in [5, 5.41) is 21.9. The van der Waals surface area contributed by atoms with Crippen LogP contribution < -0.4 is 16.1 Å². The third kappa shape index (κ3) is 11.6. The normalized spacial score (nSPS) is 13.0. The lowest BCUT2D eigenvalue weighted by Gasteiger charge is -2.38. The summed E-state index contributed by atoms with van der Waals surface area (Å²) in [5.41, 5.74) is 5.25. The van der Waals surface area contributed by atoms with Crippen LogP contribution in [-0.4, -0.2) is 74.2 Å². The van der Waals surface area contributed by atoms with Crippen molar-refractivity contribution in [3.63, 3.8) is 0 Å². The number of ether oxygens (including phenoxy) is 1. The Hall–Kier alpha value is -4.37. The quantitative estimate of drug-likeness (QED) is 0.114. The molecule has 2 heterocycles. The second-order valence-corrected chi connectivity index (χ2v) is 14.5. The molecule has 0 fully saturated rings. The molecular weight excluding hydrogens is 675 g/mol. The highest BCUT2D eigenvalue weighted by Crippen LogP contribution is 2.20. The fraction of sp³-hybridized carbons (Fsp3) is 0.417. The van der Waals surface area contributed by atoms with Gasteiger partial charge in [0, 0.05) is 37.6 Å². The molecule has 0 bridgehead atoms. The van der Waals surface area contributed by atoms with E-state index in [4.69, 9.17) is 4.74 Å². The number of aliphatic hydroxyl groups is 1. The first-order valence-corrected chi connectivity index (χ1v) is 18.3. The number of carbonyl (C=O) groups excluding carboxylic acids is 3. The van der Waals surface area contributed by atoms with Gasteiger partial charge in [-0.05, 0) is 41.1 Å². The van der Waals surface area contributed by atoms with E-state index >= 15 is 0 Å². The first-order valence-electron chi connectivity index (χ1n) is 16.6. The predicted octanol–water partition coefficient (Wildman–Crippen LogP) is 5.32. The van der Waals surface area contributed by atoms with E-state index in [1.807, 2.05) is 79.9 Å². The summed E-state index contributed by atoms with van der Waals surface area (Å²) in [6, 6.07) is 18.4. The highest BCUT2D eigenvalue weighted by molar-refractivity contribution is 7.09. The van der Waals surface area contributed by atoms with E-state index in [9.17, 15) is 19.5 Å². The van der Waals surface area contributed by atoms with Gasteiger partial charge in [-0.1, -0.05) is 88.4 Å². The molecule has 4 N–H and O–H groups in total. The molecule has 4 amide bonds. The molecule has 0 aliphatic heterocycles. The first-order chi connectivity index (χ1) is 24.0. The molecule has 12 nitrogen and oxygen atoms in total. The van der Waals surface area contributed by atoms with E-state index in [1.165, 1.54) is 16.4 Å². The van der Waals surface area contributed by atoms with Crippen LogP contribution in [0.25, 0.3) is 0 Å². The third-order valence-corrected chi connectivity index (χ3v) is 9.81. The maximum atomic E-state index is 14.6. The second-order valence-electron chi connectivity index (χ2n) is 12.7. The molecule has 0 saturated carbocycles. The molecule has 3 atom stereocenters. The number of rotatable bonds is 16. The molecule has 0 aliphatic carbocycles. The number of nitrogens with one attached hydrogen (secondary N) is 3. The Labute approximate surface area is 302 Å². The summed E-state index contributed by atoms with van der Waals surface area (Å²) >= 11 is 2.74. The number of hydrogen-bond donors (Lipinski definition) is 4. The SMILES string of the molecule is CC(C)c1nc(CN(C)C(=O)N[C@H](C(=O)N(NC(=O)OCc2ccns2)[C@@H](Cc2ccccc2)[C@@H](O)CNCc2ccccc2)C(C)C)cs1. The van der Waals surface area contributed by atoms with Crippen LogP contribution in [-0.2, 0) is 35.6 Å². The minimum atomic E-state index is -1.13. The van der Waals surface area contributed by atoms with Crippen molar-refractivity contribution in [3.8, 4) is 0 Å². The van der Waals surface area contributed by atoms with Gasteiger partial charge >= 0.3 is 12.1 Å². The molecule has 0 aliphatic rings. The van der Waals surface area contributed by atoms with Crippen molar-refractivity contribution >= 4 is 40.9 Å². The van der Waals surface area contributed by atoms with Crippen LogP contribution in [0.2, 0.25) is 0 Å². The number of amides is 4. The average Bonchev–Trinajstić information content (AvgIpc) is 3.81. The van der Waals surface area contributed by atoms with Gasteiger partial charge in [0.05, 0.1) is 34.3 Å². The number of benzene rings is 2. The van der Waals surface area contributed by atoms with Crippen LogP contribution in [0.5, 0.6) is 0 Å². The molecule has 4 aromatic rings. The van der Waals surface area contributed by atoms with Gasteiger partial charge in [0.15, 0.2) is 0 Å². The smallest absolute Gasteiger partial charge is 0.426 e. The van der Waals surface area contributed by atoms with Crippen LogP contribution >= 0.6 is 22.9 Å². The standard InChI is InChI=1S/C36H47N7O5S2/c1-24(2)32(40-35(46)42(5)21-28-23-49-33(39-28)25(3)4)34(45)43(41-36(47)48-22-29-16-17-38-50-29)30(18-26-12-8-6-9-13-26)31(44)20-37-19-27-14-10-7-11-15-27/h6-17,23-25,30-32,37,44H,18-22H2,1-5H3,(H,40,46)(H,41,47)/t30-,31-,32-/m0/s1. The molecular formula is C36H47N7O5S2. The third-order valence-electron chi connectivity index (χ3n) is 7.90. The summed E-state index contributed by atoms with van der Waals surface area (Å²) in [7, 11) is 1.64. The van der Waals surface area contributed by atoms with Gasteiger partial charge in [0.1, 0.15) is 12.6 Å². The van der Waals surface area contributed by atoms with Crippen molar-refractivity contribution < 1.29 is 24.2 Å². The molecule has 268 valence electrons. The highest BCUT2D eigenvalue weighted by atomic mass is 32.1. The first kappa shape index (κ1) is 38.4. The number of hydrogen-bond acceptors (Lipinski definition) is 10. The summed E-state index contributed by atoms with van der Waals surface area (Å²) in [6.07, 6.45) is -0.201. The number of aromatic nitrogens is 2. The van der Waals surface area contributed by atoms with E-state index in [2.05, 4.69) is 39.3 Å². The lowest BCUT2D eigenvalue weighted by molar-refractivity contribution is -0.143. The van der Waals surface area contributed by atoms with Gasteiger partial charge in [-0.25, -0.2) is 29.4 Å². The molecule has 0 unspecified atom stereocenters. The lowest BCUT2D eigenvalue weighted by atomic mass is 9.97. The Morgan fingerprint density at radius 1 is 0.960 bits per heavy atom. The minimum Gasteiger partial charge on any atom is -0.443 e. The molecule has 0 radical (unpaired) electrons. The van der Waals surface area contributed by atoms with E-state index in [0.29, 0.717) is 6.54 Å². The Morgan fingerprint density at radius 3 is 2.24 bits per heavy atom. The fourth-order valence-electron chi connectivity index (χ4n) is 5.12. The summed E-state index contributed by atoms with van der Waals surface area (Å²) in [6.45, 7) is 8.55. The van der Waals surface area contributed by atoms with Crippen molar-refractivity contribution in [1.82, 2.24) is 35.3 Å². The van der Waals surface area contributed by atoms with Gasteiger partial charge < -0.3 is 25.4 Å². The molecule has 2 aromatic carbocycles. The molecule has 0 spiro atoms. The maximum absolute atomic E-state index is 14.6. The number of carbonyl (C=O) groups is 3. The van der Waals surface area contributed by atoms with Crippen molar-refractivity contribution in [2.75, 3.05) is 13.6 Å². The van der Waals surface area contributed by atoms with Crippen molar-refractivity contribution in [3.05, 3.63) is 105 Å². The summed E-state index contributed by atoms with van der Waals surface area (Å²) in [5.74, 6) is -0.708. The average molecular weight is 722 g/mol. The number of nitrogens with zero attached hydrogens (tertiary/aromatic N) is 4. The number of urea groups is 1. The number of hydrazine groups is 1. The topological polar surface area (TPSA) is 149 Å². The minimum absolute atomic E-state index is 0.0483. The summed E-state index contributed by atoms with van der Waals surface area (Å²) in [4.78, 5) is 48.1. The molecule has 2 aromatic heterocycles. The van der Waals surface area contributed by atoms with E-state index in [0.717, 1.165) is 31.7 Å². The maximum Gasteiger partial charge on any atom is 0.426 e. The van der Waals surface area contributed by atoms with Crippen LogP contribution in [0.1, 0.15) is 60.3 Å². The molecule has 50 heavy (non-hydrogen) atoms. The van der Waals surface area contributed by atoms with Gasteiger partial charge in [0.2, 0.25) is 0 Å². The van der Waals surface area contributed by atoms with Crippen LogP contribution in [0, 0.1) is 5.92 Å². The lowest BCUT2D eigenvalue weighted by Crippen LogP contribution is -2.64. The van der Waals surface area contributed by atoms with Gasteiger partial charge in [-0.3, -0.25) is 4.79 Å². The fourth-order valence-corrected chi connectivity index (χ4v) is 6.44. The Bertz CT molecular complexity index is 1620. The van der Waals surface area contributed by atoms with Gasteiger partial charge in [0.25, 0.3) is 5.91 Å².